The molecule has 24 heavy (non-hydrogen) atoms. The van der Waals surface area contributed by atoms with Gasteiger partial charge >= 0.3 is 156 Å². The Morgan fingerprint density at radius 1 is 1.08 bits per heavy atom. The number of benzene rings is 2. The van der Waals surface area contributed by atoms with Crippen LogP contribution in [0, 0.1) is 5.92 Å². The van der Waals surface area contributed by atoms with Gasteiger partial charge in [0.15, 0.2) is 0 Å². The van der Waals surface area contributed by atoms with Crippen molar-refractivity contribution in [3.8, 4) is 5.75 Å². The quantitative estimate of drug-likeness (QED) is 0.561. The van der Waals surface area contributed by atoms with Gasteiger partial charge in [-0.25, -0.2) is 0 Å². The van der Waals surface area contributed by atoms with Gasteiger partial charge in [0.25, 0.3) is 0 Å². The molecule has 3 atom stereocenters. The average Bonchev–Trinajstić information content (AvgIpc) is 2.95. The zero-order valence-electron chi connectivity index (χ0n) is 13.8. The van der Waals surface area contributed by atoms with Gasteiger partial charge in [-0.3, -0.25) is 0 Å². The van der Waals surface area contributed by atoms with E-state index in [1.165, 1.54) is 5.56 Å². The van der Waals surface area contributed by atoms with Gasteiger partial charge in [0.2, 0.25) is 0 Å². The Labute approximate surface area is 155 Å². The molecule has 1 heterocycles. The molecule has 1 aliphatic heterocycles. The molecule has 3 unspecified atom stereocenters. The molecule has 2 nitrogen and oxygen atoms in total. The van der Waals surface area contributed by atoms with Crippen LogP contribution in [-0.4, -0.2) is 29.2 Å². The van der Waals surface area contributed by atoms with Crippen LogP contribution in [-0.2, 0) is 4.74 Å². The Morgan fingerprint density at radius 2 is 1.75 bits per heavy atom. The Balaban J connectivity index is 1.69. The maximum absolute atomic E-state index is 6.81. The van der Waals surface area contributed by atoms with Gasteiger partial charge in [0, 0.05) is 0 Å². The number of methoxy groups -OCH3 is 1. The summed E-state index contributed by atoms with van der Waals surface area (Å²) in [5.74, 6) is 1.29. The van der Waals surface area contributed by atoms with Gasteiger partial charge in [-0.1, -0.05) is 0 Å². The summed E-state index contributed by atoms with van der Waals surface area (Å²) >= 11 is -3.17. The molecule has 1 saturated heterocycles. The predicted molar refractivity (Wildman–Crippen MR) is 103 cm³/mol. The first-order valence-electron chi connectivity index (χ1n) is 8.04. The van der Waals surface area contributed by atoms with Crippen LogP contribution in [0.15, 0.2) is 54.6 Å². The molecule has 0 bridgehead atoms. The second-order valence-electron chi connectivity index (χ2n) is 6.22. The van der Waals surface area contributed by atoms with Crippen LogP contribution >= 0.6 is 17.9 Å². The van der Waals surface area contributed by atoms with Crippen molar-refractivity contribution in [2.24, 2.45) is 5.92 Å². The third-order valence-electron chi connectivity index (χ3n) is 4.42. The van der Waals surface area contributed by atoms with Crippen LogP contribution in [0.4, 0.5) is 0 Å². The first-order valence-corrected chi connectivity index (χ1v) is 16.8. The van der Waals surface area contributed by atoms with Crippen molar-refractivity contribution in [2.45, 2.75) is 30.0 Å². The van der Waals surface area contributed by atoms with Crippen LogP contribution in [0.1, 0.15) is 25.0 Å². The van der Waals surface area contributed by atoms with Gasteiger partial charge in [-0.15, -0.1) is 0 Å². The molecule has 0 spiro atoms. The van der Waals surface area contributed by atoms with Gasteiger partial charge in [-0.2, -0.15) is 0 Å². The fourth-order valence-electron chi connectivity index (χ4n) is 3.20. The average molecular weight is 481 g/mol. The van der Waals surface area contributed by atoms with E-state index in [0.29, 0.717) is 5.92 Å². The summed E-state index contributed by atoms with van der Waals surface area (Å²) in [4.78, 5) is 0. The molecule has 3 rings (SSSR count). The summed E-state index contributed by atoms with van der Waals surface area (Å²) in [6.07, 6.45) is 1.27. The van der Waals surface area contributed by atoms with Crippen molar-refractivity contribution < 1.29 is 9.47 Å². The van der Waals surface area contributed by atoms with Crippen molar-refractivity contribution in [3.05, 3.63) is 60.2 Å². The second-order valence-corrected chi connectivity index (χ2v) is 19.9. The maximum atomic E-state index is 6.81. The summed E-state index contributed by atoms with van der Waals surface area (Å²) in [7, 11) is 15.3. The first kappa shape index (κ1) is 18.4. The van der Waals surface area contributed by atoms with Crippen LogP contribution in [0.3, 0.4) is 0 Å². The van der Waals surface area contributed by atoms with Crippen LogP contribution in [0.25, 0.3) is 0 Å². The molecule has 2 aromatic rings. The number of hydrogen-bond acceptors (Lipinski definition) is 2. The zero-order valence-corrected chi connectivity index (χ0v) is 17.7. The molecular weight excluding hydrogens is 459 g/mol. The fraction of sp³-hybridized carbons (Fsp3) is 0.368. The number of rotatable bonds is 5. The van der Waals surface area contributed by atoms with Crippen molar-refractivity contribution in [1.29, 1.82) is 0 Å². The molecular formula is C19H22Cl2O2Te. The summed E-state index contributed by atoms with van der Waals surface area (Å²) in [6, 6.07) is 18.2. The molecule has 1 fully saturated rings. The van der Waals surface area contributed by atoms with Crippen LogP contribution < -0.4 is 8.35 Å². The summed E-state index contributed by atoms with van der Waals surface area (Å²) in [6.45, 7) is 2.24. The van der Waals surface area contributed by atoms with Crippen LogP contribution in [0.5, 0.6) is 5.75 Å². The molecule has 0 aliphatic carbocycles. The molecule has 0 radical (unpaired) electrons. The number of ether oxygens (including phenoxy) is 2. The summed E-state index contributed by atoms with van der Waals surface area (Å²) < 4.78 is 13.3. The van der Waals surface area contributed by atoms with Gasteiger partial charge in [-0.05, 0) is 0 Å². The van der Waals surface area contributed by atoms with Gasteiger partial charge < -0.3 is 0 Å². The first-order chi connectivity index (χ1) is 11.5. The molecule has 0 amide bonds. The predicted octanol–water partition coefficient (Wildman–Crippen LogP) is 4.99. The van der Waals surface area contributed by atoms with E-state index in [1.807, 2.05) is 30.3 Å². The Kier molecular flexibility index (Phi) is 6.01. The third kappa shape index (κ3) is 4.21. The minimum atomic E-state index is -3.17. The fourth-order valence-corrected chi connectivity index (χ4v) is 10.5. The SMILES string of the molecule is COc1ccc([Te](Cl)(Cl)CC2CC(C)C(c3ccccc3)O2)cc1. The van der Waals surface area contributed by atoms with Gasteiger partial charge in [0.1, 0.15) is 0 Å². The third-order valence-corrected chi connectivity index (χ3v) is 13.5. The Hall–Kier alpha value is -0.430. The van der Waals surface area contributed by atoms with E-state index in [9.17, 15) is 0 Å². The zero-order chi connectivity index (χ0) is 17.2. The monoisotopic (exact) mass is 482 g/mol. The molecule has 1 aliphatic rings. The molecule has 0 N–H and O–H groups in total. The van der Waals surface area contributed by atoms with Crippen molar-refractivity contribution >= 4 is 37.5 Å². The molecule has 0 aromatic heterocycles. The minimum absolute atomic E-state index is 0.128. The normalized spacial score (nSPS) is 24.8. The van der Waals surface area contributed by atoms with E-state index in [4.69, 9.17) is 27.4 Å². The van der Waals surface area contributed by atoms with Crippen molar-refractivity contribution in [1.82, 2.24) is 0 Å². The standard InChI is InChI=1S/C19H22Cl2O2Te/c1-14-12-17(23-19(14)15-6-4-3-5-7-15)13-24(20,21)18-10-8-16(22-2)9-11-18/h3-11,14,17,19H,12-13H2,1-2H3. The summed E-state index contributed by atoms with van der Waals surface area (Å²) in [5, 5.41) is 0. The molecule has 130 valence electrons. The molecule has 2 aromatic carbocycles. The van der Waals surface area contributed by atoms with E-state index in [2.05, 4.69) is 31.2 Å². The second kappa shape index (κ2) is 7.85. The van der Waals surface area contributed by atoms with Crippen LogP contribution in [0.2, 0.25) is 4.47 Å². The van der Waals surface area contributed by atoms with Gasteiger partial charge in [0.05, 0.1) is 0 Å². The van der Waals surface area contributed by atoms with Crippen molar-refractivity contribution in [2.75, 3.05) is 7.11 Å². The van der Waals surface area contributed by atoms with E-state index in [1.54, 1.807) is 7.11 Å². The number of halogens is 2. The van der Waals surface area contributed by atoms with E-state index in [-0.39, 0.29) is 12.2 Å². The summed E-state index contributed by atoms with van der Waals surface area (Å²) in [5.41, 5.74) is 1.24. The molecule has 5 heteroatoms. The Morgan fingerprint density at radius 3 is 2.38 bits per heavy atom. The molecule has 0 saturated carbocycles. The number of hydrogen-bond donors (Lipinski definition) is 0. The van der Waals surface area contributed by atoms with E-state index in [0.717, 1.165) is 20.3 Å². The van der Waals surface area contributed by atoms with E-state index >= 15 is 0 Å². The van der Waals surface area contributed by atoms with E-state index < -0.39 is 15.9 Å². The topological polar surface area (TPSA) is 18.5 Å². The van der Waals surface area contributed by atoms with Crippen molar-refractivity contribution in [3.63, 3.8) is 0 Å². The Bertz CT molecular complexity index is 661.